The van der Waals surface area contributed by atoms with Gasteiger partial charge in [-0.25, -0.2) is 4.98 Å². The number of hydrogen-bond donors (Lipinski definition) is 1. The lowest BCUT2D eigenvalue weighted by Gasteiger charge is -2.17. The Morgan fingerprint density at radius 3 is 2.76 bits per heavy atom. The molecule has 90 valence electrons. The molecule has 0 amide bonds. The second-order valence-electron chi connectivity index (χ2n) is 3.95. The molecule has 0 radical (unpaired) electrons. The van der Waals surface area contributed by atoms with Crippen LogP contribution in [0.25, 0.3) is 0 Å². The van der Waals surface area contributed by atoms with Crippen molar-refractivity contribution >= 4 is 0 Å². The van der Waals surface area contributed by atoms with Gasteiger partial charge in [0.2, 0.25) is 0 Å². The summed E-state index contributed by atoms with van der Waals surface area (Å²) in [5, 5.41) is 3.47. The highest BCUT2D eigenvalue weighted by Crippen LogP contribution is 2.18. The fourth-order valence-electron chi connectivity index (χ4n) is 1.75. The highest BCUT2D eigenvalue weighted by molar-refractivity contribution is 5.18. The zero-order valence-corrected chi connectivity index (χ0v) is 10.2. The van der Waals surface area contributed by atoms with Crippen LogP contribution in [0.1, 0.15) is 30.8 Å². The lowest BCUT2D eigenvalue weighted by molar-refractivity contribution is 0.556. The predicted molar refractivity (Wildman–Crippen MR) is 65.4 cm³/mol. The molecular weight excluding hydrogens is 214 g/mol. The van der Waals surface area contributed by atoms with Gasteiger partial charge < -0.3 is 9.88 Å². The molecule has 0 aliphatic carbocycles. The van der Waals surface area contributed by atoms with Crippen molar-refractivity contribution < 1.29 is 0 Å². The lowest BCUT2D eigenvalue weighted by Crippen LogP contribution is -2.25. The molecular formula is C12H17N5. The molecule has 0 aliphatic heterocycles. The minimum Gasteiger partial charge on any atom is -0.336 e. The van der Waals surface area contributed by atoms with Crippen molar-refractivity contribution in [3.05, 3.63) is 42.5 Å². The van der Waals surface area contributed by atoms with E-state index in [1.165, 1.54) is 0 Å². The van der Waals surface area contributed by atoms with E-state index in [4.69, 9.17) is 0 Å². The van der Waals surface area contributed by atoms with Crippen LogP contribution in [0.3, 0.4) is 0 Å². The molecule has 5 heteroatoms. The van der Waals surface area contributed by atoms with Crippen molar-refractivity contribution in [1.82, 2.24) is 24.8 Å². The molecule has 2 aromatic heterocycles. The van der Waals surface area contributed by atoms with Crippen LogP contribution < -0.4 is 5.32 Å². The van der Waals surface area contributed by atoms with Crippen LogP contribution in [0.15, 0.2) is 31.1 Å². The summed E-state index contributed by atoms with van der Waals surface area (Å²) >= 11 is 0. The van der Waals surface area contributed by atoms with E-state index in [0.29, 0.717) is 0 Å². The van der Waals surface area contributed by atoms with E-state index in [1.54, 1.807) is 24.9 Å². The molecule has 0 fully saturated rings. The van der Waals surface area contributed by atoms with Crippen LogP contribution >= 0.6 is 0 Å². The number of imidazole rings is 1. The maximum absolute atomic E-state index is 4.36. The Labute approximate surface area is 101 Å². The zero-order chi connectivity index (χ0) is 12.1. The van der Waals surface area contributed by atoms with Gasteiger partial charge in [0.1, 0.15) is 0 Å². The average Bonchev–Trinajstić information content (AvgIpc) is 2.78. The molecule has 0 aliphatic rings. The minimum absolute atomic E-state index is 0.0520. The average molecular weight is 231 g/mol. The molecule has 0 spiro atoms. The van der Waals surface area contributed by atoms with Gasteiger partial charge in [0.25, 0.3) is 0 Å². The van der Waals surface area contributed by atoms with Gasteiger partial charge >= 0.3 is 0 Å². The predicted octanol–water partition coefficient (Wildman–Crippen LogP) is 1.30. The first-order valence-corrected chi connectivity index (χ1v) is 5.78. The standard InChI is InChI=1S/C12H17N5/c1-3-4-16-12(10-7-13-5-6-15-10)11-8-14-9-17(11)2/h5-9,12,16H,3-4H2,1-2H3. The highest BCUT2D eigenvalue weighted by Gasteiger charge is 2.17. The van der Waals surface area contributed by atoms with Gasteiger partial charge in [-0.15, -0.1) is 0 Å². The number of nitrogens with zero attached hydrogens (tertiary/aromatic N) is 4. The summed E-state index contributed by atoms with van der Waals surface area (Å²) in [4.78, 5) is 12.6. The zero-order valence-electron chi connectivity index (χ0n) is 10.2. The van der Waals surface area contributed by atoms with Crippen molar-refractivity contribution in [1.29, 1.82) is 0 Å². The van der Waals surface area contributed by atoms with E-state index >= 15 is 0 Å². The molecule has 1 N–H and O–H groups in total. The van der Waals surface area contributed by atoms with Crippen LogP contribution in [-0.2, 0) is 7.05 Å². The summed E-state index contributed by atoms with van der Waals surface area (Å²) < 4.78 is 2.00. The number of hydrogen-bond acceptors (Lipinski definition) is 4. The summed E-state index contributed by atoms with van der Waals surface area (Å²) in [7, 11) is 1.99. The van der Waals surface area contributed by atoms with E-state index in [2.05, 4.69) is 27.2 Å². The second-order valence-corrected chi connectivity index (χ2v) is 3.95. The van der Waals surface area contributed by atoms with Gasteiger partial charge in [0.15, 0.2) is 0 Å². The molecule has 17 heavy (non-hydrogen) atoms. The van der Waals surface area contributed by atoms with Gasteiger partial charge in [0, 0.05) is 19.4 Å². The molecule has 1 atom stereocenters. The largest absolute Gasteiger partial charge is 0.336 e. The summed E-state index contributed by atoms with van der Waals surface area (Å²) in [5.41, 5.74) is 2.02. The van der Waals surface area contributed by atoms with Gasteiger partial charge in [-0.3, -0.25) is 9.97 Å². The van der Waals surface area contributed by atoms with Crippen LogP contribution in [0.5, 0.6) is 0 Å². The second kappa shape index (κ2) is 5.54. The third kappa shape index (κ3) is 2.68. The number of aromatic nitrogens is 4. The fourth-order valence-corrected chi connectivity index (χ4v) is 1.75. The minimum atomic E-state index is 0.0520. The van der Waals surface area contributed by atoms with E-state index in [1.807, 2.05) is 17.8 Å². The first-order chi connectivity index (χ1) is 8.33. The first-order valence-electron chi connectivity index (χ1n) is 5.78. The SMILES string of the molecule is CCCNC(c1cnccn1)c1cncn1C. The molecule has 0 bridgehead atoms. The van der Waals surface area contributed by atoms with Crippen LogP contribution in [-0.4, -0.2) is 26.1 Å². The van der Waals surface area contributed by atoms with Gasteiger partial charge in [-0.05, 0) is 13.0 Å². The van der Waals surface area contributed by atoms with Gasteiger partial charge in [0.05, 0.1) is 36.2 Å². The van der Waals surface area contributed by atoms with Gasteiger partial charge in [-0.1, -0.05) is 6.92 Å². The molecule has 5 nitrogen and oxygen atoms in total. The van der Waals surface area contributed by atoms with Crippen molar-refractivity contribution in [2.75, 3.05) is 6.54 Å². The number of rotatable bonds is 5. The molecule has 2 aromatic rings. The summed E-state index contributed by atoms with van der Waals surface area (Å²) in [6, 6.07) is 0.0520. The molecule has 2 heterocycles. The monoisotopic (exact) mass is 231 g/mol. The van der Waals surface area contributed by atoms with E-state index in [0.717, 1.165) is 24.4 Å². The maximum atomic E-state index is 4.36. The number of nitrogens with one attached hydrogen (secondary N) is 1. The van der Waals surface area contributed by atoms with Crippen LogP contribution in [0, 0.1) is 0 Å². The number of aryl methyl sites for hydroxylation is 1. The highest BCUT2D eigenvalue weighted by atomic mass is 15.1. The van der Waals surface area contributed by atoms with Crippen molar-refractivity contribution in [3.63, 3.8) is 0 Å². The molecule has 1 unspecified atom stereocenters. The van der Waals surface area contributed by atoms with E-state index in [9.17, 15) is 0 Å². The summed E-state index contributed by atoms with van der Waals surface area (Å²) in [6.07, 6.45) is 9.93. The molecule has 0 saturated carbocycles. The normalized spacial score (nSPS) is 12.6. The maximum Gasteiger partial charge on any atom is 0.0946 e. The third-order valence-corrected chi connectivity index (χ3v) is 2.63. The Bertz CT molecular complexity index is 451. The van der Waals surface area contributed by atoms with Crippen molar-refractivity contribution in [2.45, 2.75) is 19.4 Å². The molecule has 2 rings (SSSR count). The Morgan fingerprint density at radius 1 is 1.29 bits per heavy atom. The van der Waals surface area contributed by atoms with E-state index in [-0.39, 0.29) is 6.04 Å². The van der Waals surface area contributed by atoms with Gasteiger partial charge in [-0.2, -0.15) is 0 Å². The smallest absolute Gasteiger partial charge is 0.0946 e. The fraction of sp³-hybridized carbons (Fsp3) is 0.417. The molecule has 0 aromatic carbocycles. The van der Waals surface area contributed by atoms with Crippen molar-refractivity contribution in [2.24, 2.45) is 7.05 Å². The lowest BCUT2D eigenvalue weighted by atomic mass is 10.1. The van der Waals surface area contributed by atoms with Crippen LogP contribution in [0.2, 0.25) is 0 Å². The summed E-state index contributed by atoms with van der Waals surface area (Å²) in [6.45, 7) is 3.08. The Balaban J connectivity index is 2.29. The molecule has 0 saturated heterocycles. The summed E-state index contributed by atoms with van der Waals surface area (Å²) in [5.74, 6) is 0. The van der Waals surface area contributed by atoms with Crippen LogP contribution in [0.4, 0.5) is 0 Å². The Kier molecular flexibility index (Phi) is 3.82. The van der Waals surface area contributed by atoms with E-state index < -0.39 is 0 Å². The Morgan fingerprint density at radius 2 is 2.18 bits per heavy atom. The third-order valence-electron chi connectivity index (χ3n) is 2.63. The topological polar surface area (TPSA) is 55.6 Å². The quantitative estimate of drug-likeness (QED) is 0.842. The van der Waals surface area contributed by atoms with Crippen molar-refractivity contribution in [3.8, 4) is 0 Å². The Hall–Kier alpha value is -1.75. The first kappa shape index (κ1) is 11.7.